The first-order valence-electron chi connectivity index (χ1n) is 6.24. The van der Waals surface area contributed by atoms with Gasteiger partial charge in [0.15, 0.2) is 0 Å². The van der Waals surface area contributed by atoms with Gasteiger partial charge in [-0.2, -0.15) is 5.10 Å². The molecule has 0 bridgehead atoms. The second kappa shape index (κ2) is 6.17. The van der Waals surface area contributed by atoms with Crippen LogP contribution >= 0.6 is 0 Å². The molecule has 1 fully saturated rings. The number of carboxylic acid groups (broad SMARTS) is 1. The predicted octanol–water partition coefficient (Wildman–Crippen LogP) is -0.147. The molecule has 1 aliphatic heterocycles. The normalized spacial score (nSPS) is 15.1. The highest BCUT2D eigenvalue weighted by Gasteiger charge is 2.31. The highest BCUT2D eigenvalue weighted by atomic mass is 16.4. The van der Waals surface area contributed by atoms with Crippen molar-refractivity contribution in [3.05, 3.63) is 12.2 Å². The van der Waals surface area contributed by atoms with Crippen molar-refractivity contribution in [1.29, 1.82) is 0 Å². The second-order valence-electron chi connectivity index (χ2n) is 4.64. The molecule has 0 radical (unpaired) electrons. The fourth-order valence-electron chi connectivity index (χ4n) is 2.03. The third kappa shape index (κ3) is 3.94. The van der Waals surface area contributed by atoms with Crippen LogP contribution in [0.5, 0.6) is 0 Å². The van der Waals surface area contributed by atoms with Crippen molar-refractivity contribution >= 4 is 12.0 Å². The molecule has 104 valence electrons. The summed E-state index contributed by atoms with van der Waals surface area (Å²) >= 11 is 0. The minimum atomic E-state index is -0.808. The number of aliphatic carboxylic acids is 1. The highest BCUT2D eigenvalue weighted by molar-refractivity contribution is 5.75. The van der Waals surface area contributed by atoms with Gasteiger partial charge in [-0.15, -0.1) is 0 Å². The summed E-state index contributed by atoms with van der Waals surface area (Å²) in [5.41, 5.74) is 0. The summed E-state index contributed by atoms with van der Waals surface area (Å²) in [4.78, 5) is 27.7. The Labute approximate surface area is 110 Å². The molecule has 3 N–H and O–H groups in total. The first kappa shape index (κ1) is 13.3. The number of urea groups is 1. The molecule has 0 atom stereocenters. The zero-order chi connectivity index (χ0) is 13.7. The maximum absolute atomic E-state index is 11.6. The summed E-state index contributed by atoms with van der Waals surface area (Å²) in [6, 6.07) is -0.126. The Morgan fingerprint density at radius 1 is 1.53 bits per heavy atom. The number of hydrogen-bond acceptors (Lipinski definition) is 4. The average molecular weight is 267 g/mol. The Hall–Kier alpha value is -2.12. The van der Waals surface area contributed by atoms with E-state index >= 15 is 0 Å². The van der Waals surface area contributed by atoms with E-state index in [-0.39, 0.29) is 18.4 Å². The lowest BCUT2D eigenvalue weighted by molar-refractivity contribution is -0.139. The second-order valence-corrected chi connectivity index (χ2v) is 4.64. The first-order chi connectivity index (χ1) is 9.15. The van der Waals surface area contributed by atoms with Crippen LogP contribution in [-0.4, -0.2) is 56.8 Å². The van der Waals surface area contributed by atoms with Gasteiger partial charge in [-0.05, 0) is 6.42 Å². The van der Waals surface area contributed by atoms with Gasteiger partial charge in [0.25, 0.3) is 0 Å². The van der Waals surface area contributed by atoms with Gasteiger partial charge in [0, 0.05) is 32.0 Å². The zero-order valence-corrected chi connectivity index (χ0v) is 10.5. The molecule has 0 unspecified atom stereocenters. The molecule has 0 spiro atoms. The van der Waals surface area contributed by atoms with Crippen LogP contribution in [-0.2, 0) is 11.2 Å². The van der Waals surface area contributed by atoms with E-state index < -0.39 is 5.97 Å². The lowest BCUT2D eigenvalue weighted by Crippen LogP contribution is -2.54. The number of H-pyrrole nitrogens is 1. The Morgan fingerprint density at radius 3 is 2.95 bits per heavy atom. The van der Waals surface area contributed by atoms with Crippen molar-refractivity contribution in [2.45, 2.75) is 19.3 Å². The van der Waals surface area contributed by atoms with E-state index in [1.54, 1.807) is 4.90 Å². The van der Waals surface area contributed by atoms with Gasteiger partial charge in [0.05, 0.1) is 6.42 Å². The molecule has 19 heavy (non-hydrogen) atoms. The van der Waals surface area contributed by atoms with E-state index in [9.17, 15) is 9.59 Å². The van der Waals surface area contributed by atoms with Gasteiger partial charge >= 0.3 is 12.0 Å². The van der Waals surface area contributed by atoms with E-state index in [1.807, 2.05) is 0 Å². The van der Waals surface area contributed by atoms with Crippen LogP contribution in [0.4, 0.5) is 4.79 Å². The van der Waals surface area contributed by atoms with Gasteiger partial charge in [-0.25, -0.2) is 9.78 Å². The molecule has 1 aromatic rings. The molecule has 0 saturated carbocycles. The van der Waals surface area contributed by atoms with Crippen LogP contribution in [0.15, 0.2) is 6.33 Å². The van der Waals surface area contributed by atoms with Crippen molar-refractivity contribution < 1.29 is 14.7 Å². The monoisotopic (exact) mass is 267 g/mol. The number of nitrogens with zero attached hydrogens (tertiary/aromatic N) is 3. The molecular formula is C11H17N5O3. The van der Waals surface area contributed by atoms with Crippen LogP contribution in [0.25, 0.3) is 0 Å². The summed E-state index contributed by atoms with van der Waals surface area (Å²) in [5.74, 6) is 0.0919. The topological polar surface area (TPSA) is 111 Å². The van der Waals surface area contributed by atoms with Crippen molar-refractivity contribution in [3.8, 4) is 0 Å². The smallest absolute Gasteiger partial charge is 0.317 e. The van der Waals surface area contributed by atoms with Gasteiger partial charge < -0.3 is 15.3 Å². The maximum Gasteiger partial charge on any atom is 0.317 e. The number of aromatic nitrogens is 3. The first-order valence-corrected chi connectivity index (χ1v) is 6.24. The van der Waals surface area contributed by atoms with Crippen molar-refractivity contribution in [3.63, 3.8) is 0 Å². The number of carboxylic acids is 1. The molecule has 2 rings (SSSR count). The standard InChI is InChI=1S/C11H17N5O3/c17-10(18)4-8-5-16(6-8)11(19)12-3-1-2-9-13-7-14-15-9/h7-8H,1-6H2,(H,12,19)(H,17,18)(H,13,14,15). The van der Waals surface area contributed by atoms with Gasteiger partial charge in [0.1, 0.15) is 12.2 Å². The van der Waals surface area contributed by atoms with Crippen LogP contribution in [0, 0.1) is 5.92 Å². The van der Waals surface area contributed by atoms with Gasteiger partial charge in [-0.1, -0.05) is 0 Å². The van der Waals surface area contributed by atoms with Crippen LogP contribution in [0.1, 0.15) is 18.7 Å². The number of nitrogens with one attached hydrogen (secondary N) is 2. The number of aromatic amines is 1. The number of hydrogen-bond donors (Lipinski definition) is 3. The fourth-order valence-corrected chi connectivity index (χ4v) is 2.03. The lowest BCUT2D eigenvalue weighted by Gasteiger charge is -2.38. The van der Waals surface area contributed by atoms with E-state index in [4.69, 9.17) is 5.11 Å². The molecule has 2 amide bonds. The number of aryl methyl sites for hydroxylation is 1. The van der Waals surface area contributed by atoms with E-state index in [2.05, 4.69) is 20.5 Å². The highest BCUT2D eigenvalue weighted by Crippen LogP contribution is 2.18. The quantitative estimate of drug-likeness (QED) is 0.621. The predicted molar refractivity (Wildman–Crippen MR) is 65.4 cm³/mol. The van der Waals surface area contributed by atoms with Gasteiger partial charge in [0.2, 0.25) is 0 Å². The number of amides is 2. The van der Waals surface area contributed by atoms with Crippen molar-refractivity contribution in [1.82, 2.24) is 25.4 Å². The Bertz CT molecular complexity index is 428. The fraction of sp³-hybridized carbons (Fsp3) is 0.636. The molecule has 2 heterocycles. The Kier molecular flexibility index (Phi) is 4.32. The average Bonchev–Trinajstić information content (AvgIpc) is 2.81. The third-order valence-corrected chi connectivity index (χ3v) is 3.04. The van der Waals surface area contributed by atoms with Crippen molar-refractivity contribution in [2.75, 3.05) is 19.6 Å². The zero-order valence-electron chi connectivity index (χ0n) is 10.5. The summed E-state index contributed by atoms with van der Waals surface area (Å²) in [6.07, 6.45) is 3.11. The molecule has 8 heteroatoms. The SMILES string of the molecule is O=C(O)CC1CN(C(=O)NCCCc2ncn[nH]2)C1. The molecule has 1 saturated heterocycles. The Balaban J connectivity index is 1.55. The van der Waals surface area contributed by atoms with Crippen LogP contribution in [0.3, 0.4) is 0 Å². The number of carbonyl (C=O) groups is 2. The summed E-state index contributed by atoms with van der Waals surface area (Å²) in [6.45, 7) is 1.63. The largest absolute Gasteiger partial charge is 0.481 e. The maximum atomic E-state index is 11.6. The summed E-state index contributed by atoms with van der Waals surface area (Å²) < 4.78 is 0. The molecule has 1 aromatic heterocycles. The van der Waals surface area contributed by atoms with E-state index in [1.165, 1.54) is 6.33 Å². The van der Waals surface area contributed by atoms with E-state index in [0.717, 1.165) is 18.7 Å². The minimum absolute atomic E-state index is 0.0949. The van der Waals surface area contributed by atoms with Crippen molar-refractivity contribution in [2.24, 2.45) is 5.92 Å². The number of rotatable bonds is 6. The molecule has 0 aliphatic carbocycles. The van der Waals surface area contributed by atoms with E-state index in [0.29, 0.717) is 19.6 Å². The Morgan fingerprint density at radius 2 is 2.32 bits per heavy atom. The molecule has 0 aromatic carbocycles. The third-order valence-electron chi connectivity index (χ3n) is 3.04. The molecular weight excluding hydrogens is 250 g/mol. The van der Waals surface area contributed by atoms with Crippen LogP contribution < -0.4 is 5.32 Å². The molecule has 1 aliphatic rings. The number of likely N-dealkylation sites (tertiary alicyclic amines) is 1. The lowest BCUT2D eigenvalue weighted by atomic mass is 9.97. The van der Waals surface area contributed by atoms with Gasteiger partial charge in [-0.3, -0.25) is 9.89 Å². The summed E-state index contributed by atoms with van der Waals surface area (Å²) in [5, 5.41) is 17.9. The number of carbonyl (C=O) groups excluding carboxylic acids is 1. The van der Waals surface area contributed by atoms with Crippen LogP contribution in [0.2, 0.25) is 0 Å². The summed E-state index contributed by atoms with van der Waals surface area (Å²) in [7, 11) is 0. The minimum Gasteiger partial charge on any atom is -0.481 e. The molecule has 8 nitrogen and oxygen atoms in total.